The number of hydrogen-bond donors (Lipinski definition) is 0. The average Bonchev–Trinajstić information content (AvgIpc) is 2.13. The van der Waals surface area contributed by atoms with Gasteiger partial charge in [-0.05, 0) is 25.8 Å². The van der Waals surface area contributed by atoms with Crippen molar-refractivity contribution in [2.24, 2.45) is 0 Å². The second-order valence-electron chi connectivity index (χ2n) is 2.58. The lowest BCUT2D eigenvalue weighted by Gasteiger charge is -1.98. The molecule has 0 nitrogen and oxygen atoms in total. The lowest BCUT2D eigenvalue weighted by Crippen LogP contribution is -1.78. The maximum Gasteiger partial charge on any atom is -0.0129 e. The number of rotatable bonds is 1. The first kappa shape index (κ1) is 6.34. The molecule has 48 valence electrons. The van der Waals surface area contributed by atoms with Crippen LogP contribution >= 0.6 is 0 Å². The quantitative estimate of drug-likeness (QED) is 0.499. The van der Waals surface area contributed by atoms with Gasteiger partial charge >= 0.3 is 0 Å². The third kappa shape index (κ3) is 1.13. The fourth-order valence-corrected chi connectivity index (χ4v) is 1.11. The Morgan fingerprint density at radius 3 is 2.56 bits per heavy atom. The van der Waals surface area contributed by atoms with E-state index in [0.717, 1.165) is 6.42 Å². The van der Waals surface area contributed by atoms with E-state index in [-0.39, 0.29) is 0 Å². The Hall–Kier alpha value is -0.780. The summed E-state index contributed by atoms with van der Waals surface area (Å²) in [5.41, 5.74) is 3.97. The van der Waals surface area contributed by atoms with Gasteiger partial charge in [0.25, 0.3) is 0 Å². The fraction of sp³-hybridized carbons (Fsp3) is 0.333. The van der Waals surface area contributed by atoms with Crippen molar-refractivity contribution in [2.45, 2.75) is 20.3 Å². The molecule has 0 spiro atoms. The molecule has 0 aromatic heterocycles. The normalized spacial score (nSPS) is 17.1. The molecule has 0 unspecified atom stereocenters. The minimum absolute atomic E-state index is 1.11. The Morgan fingerprint density at radius 2 is 2.33 bits per heavy atom. The minimum atomic E-state index is 1.11. The smallest absolute Gasteiger partial charge is 0.0129 e. The predicted octanol–water partition coefficient (Wildman–Crippen LogP) is 2.84. The molecule has 0 N–H and O–H groups in total. The molecule has 0 fully saturated rings. The van der Waals surface area contributed by atoms with Crippen molar-refractivity contribution in [3.05, 3.63) is 35.5 Å². The highest BCUT2D eigenvalue weighted by Crippen LogP contribution is 2.22. The van der Waals surface area contributed by atoms with Gasteiger partial charge in [0.1, 0.15) is 0 Å². The number of allylic oxidation sites excluding steroid dienone is 5. The van der Waals surface area contributed by atoms with E-state index < -0.39 is 0 Å². The van der Waals surface area contributed by atoms with Gasteiger partial charge in [0.15, 0.2) is 0 Å². The van der Waals surface area contributed by atoms with Crippen LogP contribution in [0.3, 0.4) is 0 Å². The zero-order chi connectivity index (χ0) is 6.85. The molecule has 9 heavy (non-hydrogen) atoms. The van der Waals surface area contributed by atoms with Crippen molar-refractivity contribution in [1.29, 1.82) is 0 Å². The molecule has 0 aromatic rings. The molecular weight excluding hydrogens is 108 g/mol. The number of hydrogen-bond acceptors (Lipinski definition) is 0. The van der Waals surface area contributed by atoms with Crippen molar-refractivity contribution in [1.82, 2.24) is 0 Å². The summed E-state index contributed by atoms with van der Waals surface area (Å²) in [4.78, 5) is 0. The van der Waals surface area contributed by atoms with Crippen LogP contribution in [-0.2, 0) is 0 Å². The van der Waals surface area contributed by atoms with Crippen LogP contribution in [0.1, 0.15) is 20.3 Å². The zero-order valence-electron chi connectivity index (χ0n) is 6.07. The van der Waals surface area contributed by atoms with Crippen LogP contribution in [0.4, 0.5) is 0 Å². The van der Waals surface area contributed by atoms with Gasteiger partial charge in [0, 0.05) is 0 Å². The van der Waals surface area contributed by atoms with Crippen LogP contribution in [0.2, 0.25) is 0 Å². The van der Waals surface area contributed by atoms with Crippen LogP contribution in [0, 0.1) is 0 Å². The molecule has 0 saturated heterocycles. The maximum atomic E-state index is 3.88. The highest BCUT2D eigenvalue weighted by atomic mass is 14.1. The molecule has 0 bridgehead atoms. The van der Waals surface area contributed by atoms with Crippen molar-refractivity contribution in [3.63, 3.8) is 0 Å². The first-order chi connectivity index (χ1) is 4.22. The van der Waals surface area contributed by atoms with E-state index in [1.807, 2.05) is 0 Å². The maximum absolute atomic E-state index is 3.88. The van der Waals surface area contributed by atoms with E-state index in [9.17, 15) is 0 Å². The summed E-state index contributed by atoms with van der Waals surface area (Å²) >= 11 is 0. The summed E-state index contributed by atoms with van der Waals surface area (Å²) in [6.45, 7) is 8.09. The Kier molecular flexibility index (Phi) is 1.56. The molecule has 0 heterocycles. The van der Waals surface area contributed by atoms with Gasteiger partial charge in [-0.3, -0.25) is 0 Å². The fourth-order valence-electron chi connectivity index (χ4n) is 1.11. The van der Waals surface area contributed by atoms with Crippen molar-refractivity contribution >= 4 is 0 Å². The molecule has 1 aliphatic rings. The van der Waals surface area contributed by atoms with Crippen LogP contribution in [-0.4, -0.2) is 0 Å². The van der Waals surface area contributed by atoms with Gasteiger partial charge in [-0.25, -0.2) is 0 Å². The molecule has 1 rings (SSSR count). The first-order valence-electron chi connectivity index (χ1n) is 3.24. The van der Waals surface area contributed by atoms with E-state index in [1.165, 1.54) is 16.7 Å². The monoisotopic (exact) mass is 120 g/mol. The van der Waals surface area contributed by atoms with E-state index in [4.69, 9.17) is 0 Å². The zero-order valence-corrected chi connectivity index (χ0v) is 6.07. The van der Waals surface area contributed by atoms with E-state index in [1.54, 1.807) is 0 Å². The van der Waals surface area contributed by atoms with Crippen LogP contribution in [0.5, 0.6) is 0 Å². The summed E-state index contributed by atoms with van der Waals surface area (Å²) in [5.74, 6) is 0. The Morgan fingerprint density at radius 1 is 1.67 bits per heavy atom. The van der Waals surface area contributed by atoms with Crippen LogP contribution in [0.15, 0.2) is 35.5 Å². The average molecular weight is 120 g/mol. The summed E-state index contributed by atoms with van der Waals surface area (Å²) in [5, 5.41) is 0. The summed E-state index contributed by atoms with van der Waals surface area (Å²) < 4.78 is 0. The van der Waals surface area contributed by atoms with Gasteiger partial charge in [-0.1, -0.05) is 29.9 Å². The second-order valence-corrected chi connectivity index (χ2v) is 2.58. The van der Waals surface area contributed by atoms with E-state index in [0.29, 0.717) is 0 Å². The summed E-state index contributed by atoms with van der Waals surface area (Å²) in [7, 11) is 0. The van der Waals surface area contributed by atoms with Crippen molar-refractivity contribution in [2.75, 3.05) is 0 Å². The molecule has 0 radical (unpaired) electrons. The first-order valence-corrected chi connectivity index (χ1v) is 3.24. The second kappa shape index (κ2) is 2.22. The molecular formula is C9H12. The highest BCUT2D eigenvalue weighted by molar-refractivity contribution is 5.44. The van der Waals surface area contributed by atoms with Crippen molar-refractivity contribution < 1.29 is 0 Å². The van der Waals surface area contributed by atoms with Gasteiger partial charge in [0.2, 0.25) is 0 Å². The minimum Gasteiger partial charge on any atom is -0.0955 e. The SMILES string of the molecule is C=C(C)C1=C(C)CC=C1. The Balaban J connectivity index is 2.89. The molecule has 0 aliphatic heterocycles. The molecule has 0 saturated carbocycles. The topological polar surface area (TPSA) is 0 Å². The Labute approximate surface area is 56.6 Å². The summed E-state index contributed by atoms with van der Waals surface area (Å²) in [6.07, 6.45) is 5.44. The van der Waals surface area contributed by atoms with Gasteiger partial charge in [-0.15, -0.1) is 0 Å². The van der Waals surface area contributed by atoms with Gasteiger partial charge in [0.05, 0.1) is 0 Å². The molecule has 0 heteroatoms. The van der Waals surface area contributed by atoms with Crippen LogP contribution in [0.25, 0.3) is 0 Å². The largest absolute Gasteiger partial charge is 0.0955 e. The van der Waals surface area contributed by atoms with E-state index >= 15 is 0 Å². The molecule has 1 aliphatic carbocycles. The van der Waals surface area contributed by atoms with Gasteiger partial charge < -0.3 is 0 Å². The third-order valence-corrected chi connectivity index (χ3v) is 1.63. The lowest BCUT2D eigenvalue weighted by molar-refractivity contribution is 1.22. The standard InChI is InChI=1S/C9H12/c1-7(2)9-6-4-5-8(9)3/h4,6H,1,5H2,2-3H3. The predicted molar refractivity (Wildman–Crippen MR) is 41.3 cm³/mol. The summed E-state index contributed by atoms with van der Waals surface area (Å²) in [6, 6.07) is 0. The van der Waals surface area contributed by atoms with Gasteiger partial charge in [-0.2, -0.15) is 0 Å². The third-order valence-electron chi connectivity index (χ3n) is 1.63. The van der Waals surface area contributed by atoms with Crippen molar-refractivity contribution in [3.8, 4) is 0 Å². The van der Waals surface area contributed by atoms with E-state index in [2.05, 4.69) is 32.6 Å². The molecule has 0 atom stereocenters. The lowest BCUT2D eigenvalue weighted by atomic mass is 10.1. The van der Waals surface area contributed by atoms with Crippen LogP contribution < -0.4 is 0 Å². The highest BCUT2D eigenvalue weighted by Gasteiger charge is 2.03. The molecule has 0 amide bonds. The molecule has 0 aromatic carbocycles. The Bertz CT molecular complexity index is 192.